The lowest BCUT2D eigenvalue weighted by Gasteiger charge is -2.07. The average molecular weight is 445 g/mol. The van der Waals surface area contributed by atoms with Crippen LogP contribution in [0.4, 0.5) is 5.69 Å². The van der Waals surface area contributed by atoms with E-state index in [9.17, 15) is 14.4 Å². The molecular formula is C20H21BrN4O3. The van der Waals surface area contributed by atoms with Gasteiger partial charge in [-0.05, 0) is 43.3 Å². The monoisotopic (exact) mass is 444 g/mol. The van der Waals surface area contributed by atoms with Crippen molar-refractivity contribution in [2.24, 2.45) is 0 Å². The topological polar surface area (TPSA) is 85.1 Å². The Labute approximate surface area is 170 Å². The van der Waals surface area contributed by atoms with Crippen molar-refractivity contribution in [3.8, 4) is 0 Å². The molecule has 8 heteroatoms. The van der Waals surface area contributed by atoms with Gasteiger partial charge in [0.2, 0.25) is 11.8 Å². The fraction of sp³-hybridized carbons (Fsp3) is 0.250. The van der Waals surface area contributed by atoms with Gasteiger partial charge in [-0.2, -0.15) is 0 Å². The standard InChI is InChI=1S/C20H21BrN4O3/c1-2-24-16-5-3-4-6-17(16)25(20(24)28)13-19(27)22-12-11-18(26)23-15-9-7-14(21)8-10-15/h3-10H,2,11-13H2,1H3,(H,22,27)(H,23,26). The van der Waals surface area contributed by atoms with Gasteiger partial charge in [0.25, 0.3) is 0 Å². The summed E-state index contributed by atoms with van der Waals surface area (Å²) in [6.07, 6.45) is 0.146. The molecule has 0 atom stereocenters. The number of para-hydroxylation sites is 2. The number of imidazole rings is 1. The van der Waals surface area contributed by atoms with E-state index in [4.69, 9.17) is 0 Å². The van der Waals surface area contributed by atoms with E-state index in [1.54, 1.807) is 16.7 Å². The van der Waals surface area contributed by atoms with E-state index < -0.39 is 0 Å². The molecule has 0 bridgehead atoms. The SMILES string of the molecule is CCn1c(=O)n(CC(=O)NCCC(=O)Nc2ccc(Br)cc2)c2ccccc21. The lowest BCUT2D eigenvalue weighted by atomic mass is 10.3. The highest BCUT2D eigenvalue weighted by molar-refractivity contribution is 9.10. The quantitative estimate of drug-likeness (QED) is 0.587. The number of aromatic nitrogens is 2. The van der Waals surface area contributed by atoms with Crippen LogP contribution < -0.4 is 16.3 Å². The zero-order chi connectivity index (χ0) is 20.1. The Hall–Kier alpha value is -2.87. The maximum Gasteiger partial charge on any atom is 0.329 e. The number of nitrogens with one attached hydrogen (secondary N) is 2. The van der Waals surface area contributed by atoms with Crippen LogP contribution in [0.1, 0.15) is 13.3 Å². The van der Waals surface area contributed by atoms with Crippen molar-refractivity contribution in [2.75, 3.05) is 11.9 Å². The van der Waals surface area contributed by atoms with E-state index in [0.29, 0.717) is 12.2 Å². The zero-order valence-corrected chi connectivity index (χ0v) is 17.0. The molecule has 0 saturated carbocycles. The van der Waals surface area contributed by atoms with E-state index in [2.05, 4.69) is 26.6 Å². The second-order valence-corrected chi connectivity index (χ2v) is 7.17. The molecule has 3 aromatic rings. The van der Waals surface area contributed by atoms with Gasteiger partial charge in [-0.25, -0.2) is 4.79 Å². The summed E-state index contributed by atoms with van der Waals surface area (Å²) in [5.74, 6) is -0.500. The largest absolute Gasteiger partial charge is 0.354 e. The third kappa shape index (κ3) is 4.51. The van der Waals surface area contributed by atoms with E-state index >= 15 is 0 Å². The number of benzene rings is 2. The molecular weight excluding hydrogens is 424 g/mol. The zero-order valence-electron chi connectivity index (χ0n) is 15.4. The second kappa shape index (κ2) is 8.88. The first-order chi connectivity index (χ1) is 13.5. The van der Waals surface area contributed by atoms with Gasteiger partial charge < -0.3 is 10.6 Å². The van der Waals surface area contributed by atoms with Crippen LogP contribution >= 0.6 is 15.9 Å². The molecule has 28 heavy (non-hydrogen) atoms. The van der Waals surface area contributed by atoms with Gasteiger partial charge in [-0.15, -0.1) is 0 Å². The number of hydrogen-bond acceptors (Lipinski definition) is 3. The lowest BCUT2D eigenvalue weighted by Crippen LogP contribution is -2.34. The van der Waals surface area contributed by atoms with Crippen LogP contribution in [0.25, 0.3) is 11.0 Å². The minimum atomic E-state index is -0.308. The fourth-order valence-corrected chi connectivity index (χ4v) is 3.27. The molecule has 1 heterocycles. The normalized spacial score (nSPS) is 10.8. The number of carbonyl (C=O) groups excluding carboxylic acids is 2. The van der Waals surface area contributed by atoms with Crippen molar-refractivity contribution in [2.45, 2.75) is 26.4 Å². The summed E-state index contributed by atoms with van der Waals surface area (Å²) in [6, 6.07) is 14.6. The summed E-state index contributed by atoms with van der Waals surface area (Å²) in [5, 5.41) is 5.47. The van der Waals surface area contributed by atoms with E-state index in [-0.39, 0.29) is 37.0 Å². The summed E-state index contributed by atoms with van der Waals surface area (Å²) in [4.78, 5) is 36.8. The lowest BCUT2D eigenvalue weighted by molar-refractivity contribution is -0.121. The summed E-state index contributed by atoms with van der Waals surface area (Å²) in [6.45, 7) is 2.54. The molecule has 7 nitrogen and oxygen atoms in total. The number of carbonyl (C=O) groups is 2. The second-order valence-electron chi connectivity index (χ2n) is 6.26. The number of rotatable bonds is 7. The summed E-state index contributed by atoms with van der Waals surface area (Å²) in [5.41, 5.74) is 2.00. The van der Waals surface area contributed by atoms with Crippen molar-refractivity contribution >= 4 is 44.5 Å². The number of anilines is 1. The molecule has 0 spiro atoms. The van der Waals surface area contributed by atoms with E-state index in [1.807, 2.05) is 43.3 Å². The van der Waals surface area contributed by atoms with Crippen LogP contribution in [0.15, 0.2) is 57.8 Å². The maximum atomic E-state index is 12.5. The van der Waals surface area contributed by atoms with Gasteiger partial charge in [0.1, 0.15) is 6.54 Å². The Morgan fingerprint density at radius 2 is 1.61 bits per heavy atom. The smallest absolute Gasteiger partial charge is 0.329 e. The Kier molecular flexibility index (Phi) is 6.30. The molecule has 0 aliphatic heterocycles. The minimum absolute atomic E-state index is 0.0827. The Morgan fingerprint density at radius 3 is 2.25 bits per heavy atom. The van der Waals surface area contributed by atoms with E-state index in [0.717, 1.165) is 15.5 Å². The highest BCUT2D eigenvalue weighted by atomic mass is 79.9. The molecule has 0 unspecified atom stereocenters. The molecule has 2 aromatic carbocycles. The van der Waals surface area contributed by atoms with Crippen LogP contribution in [0.3, 0.4) is 0 Å². The van der Waals surface area contributed by atoms with Crippen LogP contribution in [-0.2, 0) is 22.7 Å². The molecule has 146 valence electrons. The van der Waals surface area contributed by atoms with Crippen molar-refractivity contribution < 1.29 is 9.59 Å². The van der Waals surface area contributed by atoms with Gasteiger partial charge in [0, 0.05) is 29.7 Å². The van der Waals surface area contributed by atoms with Crippen LogP contribution in [0, 0.1) is 0 Å². The molecule has 0 radical (unpaired) electrons. The molecule has 2 N–H and O–H groups in total. The van der Waals surface area contributed by atoms with Gasteiger partial charge in [-0.3, -0.25) is 18.7 Å². The molecule has 0 saturated heterocycles. The minimum Gasteiger partial charge on any atom is -0.354 e. The number of fused-ring (bicyclic) bond motifs is 1. The van der Waals surface area contributed by atoms with Gasteiger partial charge in [-0.1, -0.05) is 28.1 Å². The first kappa shape index (κ1) is 19.9. The Morgan fingerprint density at radius 1 is 0.964 bits per heavy atom. The molecule has 3 rings (SSSR count). The van der Waals surface area contributed by atoms with Crippen molar-refractivity contribution in [1.82, 2.24) is 14.5 Å². The predicted molar refractivity (Wildman–Crippen MR) is 112 cm³/mol. The van der Waals surface area contributed by atoms with Crippen LogP contribution in [-0.4, -0.2) is 27.5 Å². The van der Waals surface area contributed by atoms with Crippen LogP contribution in [0.5, 0.6) is 0 Å². The maximum absolute atomic E-state index is 12.5. The first-order valence-corrected chi connectivity index (χ1v) is 9.79. The highest BCUT2D eigenvalue weighted by Gasteiger charge is 2.14. The molecule has 0 aliphatic rings. The average Bonchev–Trinajstić information content (AvgIpc) is 2.95. The fourth-order valence-electron chi connectivity index (χ4n) is 3.00. The van der Waals surface area contributed by atoms with Crippen molar-refractivity contribution in [3.63, 3.8) is 0 Å². The molecule has 1 aromatic heterocycles. The van der Waals surface area contributed by atoms with Gasteiger partial charge in [0.05, 0.1) is 11.0 Å². The summed E-state index contributed by atoms with van der Waals surface area (Å²) < 4.78 is 4.02. The van der Waals surface area contributed by atoms with Crippen molar-refractivity contribution in [1.29, 1.82) is 0 Å². The Balaban J connectivity index is 1.56. The highest BCUT2D eigenvalue weighted by Crippen LogP contribution is 2.14. The number of halogens is 1. The summed E-state index contributed by atoms with van der Waals surface area (Å²) >= 11 is 3.34. The van der Waals surface area contributed by atoms with Gasteiger partial charge >= 0.3 is 5.69 Å². The Bertz CT molecular complexity index is 1050. The number of amides is 2. The number of hydrogen-bond donors (Lipinski definition) is 2. The summed E-state index contributed by atoms with van der Waals surface area (Å²) in [7, 11) is 0. The molecule has 0 aliphatic carbocycles. The third-order valence-electron chi connectivity index (χ3n) is 4.35. The van der Waals surface area contributed by atoms with Gasteiger partial charge in [0.15, 0.2) is 0 Å². The third-order valence-corrected chi connectivity index (χ3v) is 4.87. The molecule has 2 amide bonds. The van der Waals surface area contributed by atoms with E-state index in [1.165, 1.54) is 4.57 Å². The molecule has 0 fully saturated rings. The number of nitrogens with zero attached hydrogens (tertiary/aromatic N) is 2. The first-order valence-electron chi connectivity index (χ1n) is 8.99. The van der Waals surface area contributed by atoms with Crippen molar-refractivity contribution in [3.05, 3.63) is 63.5 Å². The predicted octanol–water partition coefficient (Wildman–Crippen LogP) is 2.73. The van der Waals surface area contributed by atoms with Crippen LogP contribution in [0.2, 0.25) is 0 Å². The number of aryl methyl sites for hydroxylation is 1.